The Morgan fingerprint density at radius 2 is 2.12 bits per heavy atom. The van der Waals surface area contributed by atoms with E-state index in [1.807, 2.05) is 31.5 Å². The van der Waals surface area contributed by atoms with Gasteiger partial charge in [-0.1, -0.05) is 6.07 Å². The van der Waals surface area contributed by atoms with Crippen LogP contribution in [0.15, 0.2) is 41.1 Å². The molecule has 0 aromatic carbocycles. The predicted molar refractivity (Wildman–Crippen MR) is 101 cm³/mol. The second-order valence-corrected chi connectivity index (χ2v) is 7.92. The molecule has 2 aromatic heterocycles. The van der Waals surface area contributed by atoms with Crippen LogP contribution in [0, 0.1) is 6.92 Å². The molecule has 2 aliphatic rings. The third-order valence-corrected chi connectivity index (χ3v) is 5.91. The van der Waals surface area contributed by atoms with Crippen LogP contribution in [0.2, 0.25) is 0 Å². The first-order valence-electron chi connectivity index (χ1n) is 9.63. The quantitative estimate of drug-likeness (QED) is 0.824. The average molecular weight is 355 g/mol. The van der Waals surface area contributed by atoms with E-state index in [0.717, 1.165) is 63.6 Å². The summed E-state index contributed by atoms with van der Waals surface area (Å²) in [5.74, 6) is 2.06. The summed E-state index contributed by atoms with van der Waals surface area (Å²) in [5.41, 5.74) is 1.34. The van der Waals surface area contributed by atoms with Gasteiger partial charge in [0, 0.05) is 38.1 Å². The number of pyridine rings is 1. The molecular weight excluding hydrogens is 326 g/mol. The molecule has 1 atom stereocenters. The summed E-state index contributed by atoms with van der Waals surface area (Å²) in [6, 6.07) is 8.78. The third-order valence-electron chi connectivity index (χ3n) is 5.91. The van der Waals surface area contributed by atoms with Crippen molar-refractivity contribution in [2.24, 2.45) is 0 Å². The zero-order valence-corrected chi connectivity index (χ0v) is 15.9. The molecule has 2 aliphatic heterocycles. The molecule has 26 heavy (non-hydrogen) atoms. The van der Waals surface area contributed by atoms with E-state index in [9.17, 15) is 0 Å². The minimum Gasteiger partial charge on any atom is -0.465 e. The summed E-state index contributed by atoms with van der Waals surface area (Å²) in [5, 5.41) is 0. The Kier molecular flexibility index (Phi) is 5.11. The van der Waals surface area contributed by atoms with E-state index in [-0.39, 0.29) is 5.60 Å². The number of likely N-dealkylation sites (tertiary alicyclic amines) is 1. The molecular formula is C21H29N3O2. The maximum atomic E-state index is 6.35. The van der Waals surface area contributed by atoms with Gasteiger partial charge in [-0.05, 0) is 57.0 Å². The van der Waals surface area contributed by atoms with Crippen molar-refractivity contribution < 1.29 is 9.15 Å². The SMILES string of the molecule is Cc1ccc(CN2CCC3(CC2)C[C@@H](N(C)Cc2cccnc2)CO3)o1. The highest BCUT2D eigenvalue weighted by molar-refractivity contribution is 5.09. The van der Waals surface area contributed by atoms with Crippen molar-refractivity contribution >= 4 is 0 Å². The van der Waals surface area contributed by atoms with Gasteiger partial charge in [-0.25, -0.2) is 0 Å². The van der Waals surface area contributed by atoms with E-state index in [1.54, 1.807) is 0 Å². The van der Waals surface area contributed by atoms with Gasteiger partial charge in [0.05, 0.1) is 18.8 Å². The highest BCUT2D eigenvalue weighted by atomic mass is 16.5. The number of aromatic nitrogens is 1. The second-order valence-electron chi connectivity index (χ2n) is 7.92. The molecule has 1 spiro atoms. The van der Waals surface area contributed by atoms with E-state index in [4.69, 9.17) is 9.15 Å². The van der Waals surface area contributed by atoms with Crippen LogP contribution in [0.1, 0.15) is 36.3 Å². The van der Waals surface area contributed by atoms with Crippen LogP contribution in [0.5, 0.6) is 0 Å². The maximum absolute atomic E-state index is 6.35. The Balaban J connectivity index is 1.28. The van der Waals surface area contributed by atoms with Crippen LogP contribution in [0.25, 0.3) is 0 Å². The first-order chi connectivity index (χ1) is 12.6. The molecule has 140 valence electrons. The Morgan fingerprint density at radius 3 is 2.81 bits per heavy atom. The molecule has 0 amide bonds. The fraction of sp³-hybridized carbons (Fsp3) is 0.571. The first-order valence-corrected chi connectivity index (χ1v) is 9.63. The monoisotopic (exact) mass is 355 g/mol. The van der Waals surface area contributed by atoms with Crippen LogP contribution in [-0.2, 0) is 17.8 Å². The van der Waals surface area contributed by atoms with Gasteiger partial charge in [0.15, 0.2) is 0 Å². The normalized spacial score (nSPS) is 23.1. The molecule has 5 nitrogen and oxygen atoms in total. The number of likely N-dealkylation sites (N-methyl/N-ethyl adjacent to an activating group) is 1. The predicted octanol–water partition coefficient (Wildman–Crippen LogP) is 3.24. The van der Waals surface area contributed by atoms with Crippen LogP contribution in [0.4, 0.5) is 0 Å². The number of hydrogen-bond acceptors (Lipinski definition) is 5. The molecule has 5 heteroatoms. The second kappa shape index (κ2) is 7.51. The van der Waals surface area contributed by atoms with Crippen molar-refractivity contribution in [1.29, 1.82) is 0 Å². The van der Waals surface area contributed by atoms with Crippen LogP contribution in [0.3, 0.4) is 0 Å². The molecule has 2 aromatic rings. The summed E-state index contributed by atoms with van der Waals surface area (Å²) in [6.45, 7) is 6.85. The number of piperidine rings is 1. The van der Waals surface area contributed by atoms with E-state index < -0.39 is 0 Å². The lowest BCUT2D eigenvalue weighted by Gasteiger charge is -2.38. The number of aryl methyl sites for hydroxylation is 1. The number of nitrogens with zero attached hydrogens (tertiary/aromatic N) is 3. The highest BCUT2D eigenvalue weighted by Crippen LogP contribution is 2.38. The molecule has 0 aliphatic carbocycles. The van der Waals surface area contributed by atoms with Gasteiger partial charge in [0.25, 0.3) is 0 Å². The number of ether oxygens (including phenoxy) is 1. The summed E-state index contributed by atoms with van der Waals surface area (Å²) < 4.78 is 12.1. The molecule has 0 radical (unpaired) electrons. The van der Waals surface area contributed by atoms with Crippen molar-refractivity contribution in [2.75, 3.05) is 26.7 Å². The van der Waals surface area contributed by atoms with Gasteiger partial charge in [-0.15, -0.1) is 0 Å². The molecule has 0 bridgehead atoms. The lowest BCUT2D eigenvalue weighted by Crippen LogP contribution is -2.44. The van der Waals surface area contributed by atoms with Crippen LogP contribution >= 0.6 is 0 Å². The van der Waals surface area contributed by atoms with E-state index >= 15 is 0 Å². The zero-order valence-electron chi connectivity index (χ0n) is 15.9. The number of hydrogen-bond donors (Lipinski definition) is 0. The molecule has 4 rings (SSSR count). The zero-order chi connectivity index (χ0) is 18.0. The fourth-order valence-corrected chi connectivity index (χ4v) is 4.27. The van der Waals surface area contributed by atoms with Crippen molar-refractivity contribution in [3.63, 3.8) is 0 Å². The lowest BCUT2D eigenvalue weighted by molar-refractivity contribution is -0.0461. The molecule has 0 unspecified atom stereocenters. The summed E-state index contributed by atoms with van der Waals surface area (Å²) in [6.07, 6.45) is 7.15. The van der Waals surface area contributed by atoms with Gasteiger partial charge < -0.3 is 9.15 Å². The molecule has 0 saturated carbocycles. The smallest absolute Gasteiger partial charge is 0.118 e. The molecule has 2 saturated heterocycles. The van der Waals surface area contributed by atoms with Crippen LogP contribution < -0.4 is 0 Å². The number of furan rings is 1. The lowest BCUT2D eigenvalue weighted by atomic mass is 9.87. The standard InChI is InChI=1S/C21H29N3O2/c1-17-5-6-20(26-17)15-24-10-7-21(8-11-24)12-19(16-25-21)23(2)14-18-4-3-9-22-13-18/h3-6,9,13,19H,7-8,10-12,14-16H2,1-2H3/t19-/m1/s1. The molecule has 4 heterocycles. The van der Waals surface area contributed by atoms with Gasteiger partial charge in [0.1, 0.15) is 11.5 Å². The van der Waals surface area contributed by atoms with Crippen LogP contribution in [-0.4, -0.2) is 53.2 Å². The van der Waals surface area contributed by atoms with Gasteiger partial charge >= 0.3 is 0 Å². The highest BCUT2D eigenvalue weighted by Gasteiger charge is 2.43. The topological polar surface area (TPSA) is 41.7 Å². The van der Waals surface area contributed by atoms with Gasteiger partial charge in [-0.2, -0.15) is 0 Å². The minimum absolute atomic E-state index is 0.0729. The Hall–Kier alpha value is -1.69. The van der Waals surface area contributed by atoms with E-state index in [1.165, 1.54) is 5.56 Å². The molecule has 0 N–H and O–H groups in total. The van der Waals surface area contributed by atoms with Crippen molar-refractivity contribution in [2.45, 2.75) is 50.9 Å². The largest absolute Gasteiger partial charge is 0.465 e. The average Bonchev–Trinajstić information content (AvgIpc) is 3.25. The van der Waals surface area contributed by atoms with Crippen molar-refractivity contribution in [3.05, 3.63) is 53.7 Å². The Labute approximate surface area is 156 Å². The van der Waals surface area contributed by atoms with E-state index in [0.29, 0.717) is 6.04 Å². The fourth-order valence-electron chi connectivity index (χ4n) is 4.27. The summed E-state index contributed by atoms with van der Waals surface area (Å²) in [4.78, 5) is 9.13. The summed E-state index contributed by atoms with van der Waals surface area (Å²) >= 11 is 0. The Bertz CT molecular complexity index is 707. The maximum Gasteiger partial charge on any atom is 0.118 e. The van der Waals surface area contributed by atoms with Gasteiger partial charge in [-0.3, -0.25) is 14.8 Å². The van der Waals surface area contributed by atoms with Gasteiger partial charge in [0.2, 0.25) is 0 Å². The van der Waals surface area contributed by atoms with Crippen molar-refractivity contribution in [3.8, 4) is 0 Å². The summed E-state index contributed by atoms with van der Waals surface area (Å²) in [7, 11) is 2.20. The minimum atomic E-state index is 0.0729. The molecule has 2 fully saturated rings. The van der Waals surface area contributed by atoms with E-state index in [2.05, 4.69) is 34.0 Å². The van der Waals surface area contributed by atoms with Crippen molar-refractivity contribution in [1.82, 2.24) is 14.8 Å². The third kappa shape index (κ3) is 4.00. The first kappa shape index (κ1) is 17.7. The number of rotatable bonds is 5. The Morgan fingerprint density at radius 1 is 1.27 bits per heavy atom.